The van der Waals surface area contributed by atoms with Crippen LogP contribution in [0, 0.1) is 6.92 Å². The van der Waals surface area contributed by atoms with Gasteiger partial charge in [0.25, 0.3) is 11.5 Å². The van der Waals surface area contributed by atoms with E-state index in [4.69, 9.17) is 0 Å². The largest absolute Gasteiger partial charge is 0.349 e. The number of hydrogen-bond donors (Lipinski definition) is 2. The van der Waals surface area contributed by atoms with E-state index in [1.807, 2.05) is 19.1 Å². The molecule has 1 aliphatic rings. The topological polar surface area (TPSA) is 97.5 Å². The van der Waals surface area contributed by atoms with Gasteiger partial charge in [-0.3, -0.25) is 19.0 Å². The van der Waals surface area contributed by atoms with Crippen molar-refractivity contribution in [2.24, 2.45) is 0 Å². The molecular formula is C23H21N5O3. The van der Waals surface area contributed by atoms with Crippen LogP contribution < -0.4 is 16.2 Å². The summed E-state index contributed by atoms with van der Waals surface area (Å²) in [6, 6.07) is 16.0. The van der Waals surface area contributed by atoms with Crippen LogP contribution >= 0.6 is 0 Å². The molecule has 0 radical (unpaired) electrons. The van der Waals surface area contributed by atoms with Crippen LogP contribution in [0.15, 0.2) is 59.4 Å². The molecule has 0 saturated heterocycles. The molecule has 8 heteroatoms. The van der Waals surface area contributed by atoms with E-state index in [1.165, 1.54) is 4.57 Å². The van der Waals surface area contributed by atoms with E-state index in [-0.39, 0.29) is 30.0 Å². The number of carbonyl (C=O) groups is 2. The second-order valence-electron chi connectivity index (χ2n) is 7.84. The Morgan fingerprint density at radius 2 is 1.90 bits per heavy atom. The van der Waals surface area contributed by atoms with Gasteiger partial charge >= 0.3 is 0 Å². The molecule has 1 saturated carbocycles. The Bertz CT molecular complexity index is 1400. The van der Waals surface area contributed by atoms with E-state index >= 15 is 0 Å². The van der Waals surface area contributed by atoms with Crippen LogP contribution in [0.2, 0.25) is 0 Å². The average molecular weight is 415 g/mol. The van der Waals surface area contributed by atoms with Crippen LogP contribution in [0.5, 0.6) is 0 Å². The monoisotopic (exact) mass is 415 g/mol. The summed E-state index contributed by atoms with van der Waals surface area (Å²) < 4.78 is 3.10. The van der Waals surface area contributed by atoms with Crippen molar-refractivity contribution < 1.29 is 9.59 Å². The van der Waals surface area contributed by atoms with Gasteiger partial charge in [-0.1, -0.05) is 18.2 Å². The molecule has 5 rings (SSSR count). The summed E-state index contributed by atoms with van der Waals surface area (Å²) in [5.74, 6) is -0.515. The number of amides is 2. The van der Waals surface area contributed by atoms with Gasteiger partial charge < -0.3 is 10.6 Å². The van der Waals surface area contributed by atoms with Crippen molar-refractivity contribution in [3.8, 4) is 0 Å². The number of fused-ring (bicyclic) bond motifs is 3. The van der Waals surface area contributed by atoms with E-state index in [2.05, 4.69) is 15.7 Å². The van der Waals surface area contributed by atoms with Gasteiger partial charge in [0.2, 0.25) is 5.91 Å². The van der Waals surface area contributed by atoms with Gasteiger partial charge in [-0.25, -0.2) is 4.52 Å². The van der Waals surface area contributed by atoms with E-state index in [0.29, 0.717) is 27.8 Å². The Hall–Kier alpha value is -3.94. The van der Waals surface area contributed by atoms with Crippen LogP contribution in [0.1, 0.15) is 28.9 Å². The lowest BCUT2D eigenvalue weighted by Crippen LogP contribution is -2.29. The highest BCUT2D eigenvalue weighted by atomic mass is 16.2. The van der Waals surface area contributed by atoms with E-state index in [0.717, 1.165) is 18.5 Å². The minimum atomic E-state index is -0.363. The highest BCUT2D eigenvalue weighted by molar-refractivity contribution is 5.97. The fraction of sp³-hybridized carbons (Fsp3) is 0.217. The second-order valence-corrected chi connectivity index (χ2v) is 7.84. The number of nitrogens with one attached hydrogen (secondary N) is 2. The lowest BCUT2D eigenvalue weighted by Gasteiger charge is -2.12. The molecule has 0 bridgehead atoms. The highest BCUT2D eigenvalue weighted by Crippen LogP contribution is 2.20. The maximum absolute atomic E-state index is 13.1. The molecule has 2 aromatic heterocycles. The second kappa shape index (κ2) is 7.39. The minimum Gasteiger partial charge on any atom is -0.349 e. The minimum absolute atomic E-state index is 0.152. The third-order valence-electron chi connectivity index (χ3n) is 5.32. The van der Waals surface area contributed by atoms with Crippen molar-refractivity contribution in [1.29, 1.82) is 0 Å². The van der Waals surface area contributed by atoms with Crippen LogP contribution in [-0.4, -0.2) is 32.0 Å². The van der Waals surface area contributed by atoms with Gasteiger partial charge in [-0.05, 0) is 50.1 Å². The molecule has 8 nitrogen and oxygen atoms in total. The van der Waals surface area contributed by atoms with Crippen molar-refractivity contribution in [2.45, 2.75) is 32.4 Å². The van der Waals surface area contributed by atoms with Gasteiger partial charge in [0.1, 0.15) is 12.2 Å². The standard InChI is InChI=1S/C23H21N5O3/c1-14-11-21-27(23(31)18-7-2-3-8-19(18)28(21)26-14)13-20(29)24-17-6-4-5-15(12-17)22(30)25-16-9-10-16/h2-8,11-12,16H,9-10,13H2,1H3,(H,24,29)(H,25,30). The zero-order chi connectivity index (χ0) is 21.5. The quantitative estimate of drug-likeness (QED) is 0.523. The first kappa shape index (κ1) is 19.0. The fourth-order valence-electron chi connectivity index (χ4n) is 3.68. The van der Waals surface area contributed by atoms with E-state index < -0.39 is 0 Å². The van der Waals surface area contributed by atoms with Crippen LogP contribution in [0.4, 0.5) is 5.69 Å². The van der Waals surface area contributed by atoms with Crippen molar-refractivity contribution in [3.63, 3.8) is 0 Å². The molecule has 156 valence electrons. The predicted octanol–water partition coefficient (Wildman–Crippen LogP) is 2.49. The summed E-state index contributed by atoms with van der Waals surface area (Å²) in [5, 5.41) is 10.7. The SMILES string of the molecule is Cc1cc2n(CC(=O)Nc3cccc(C(=O)NC4CC4)c3)c(=O)c3ccccc3n2n1. The Labute approximate surface area is 177 Å². The summed E-state index contributed by atoms with van der Waals surface area (Å²) in [7, 11) is 0. The number of anilines is 1. The lowest BCUT2D eigenvalue weighted by atomic mass is 10.2. The van der Waals surface area contributed by atoms with Crippen molar-refractivity contribution >= 4 is 34.1 Å². The number of carbonyl (C=O) groups excluding carboxylic acids is 2. The molecular weight excluding hydrogens is 394 g/mol. The van der Waals surface area contributed by atoms with Gasteiger partial charge in [-0.15, -0.1) is 0 Å². The Balaban J connectivity index is 1.43. The van der Waals surface area contributed by atoms with Crippen LogP contribution in [0.25, 0.3) is 16.6 Å². The normalized spacial score (nSPS) is 13.5. The molecule has 1 aliphatic carbocycles. The molecule has 0 spiro atoms. The van der Waals surface area contributed by atoms with Crippen molar-refractivity contribution in [2.75, 3.05) is 5.32 Å². The number of aryl methyl sites for hydroxylation is 1. The third-order valence-corrected chi connectivity index (χ3v) is 5.32. The first-order valence-electron chi connectivity index (χ1n) is 10.2. The van der Waals surface area contributed by atoms with E-state index in [9.17, 15) is 14.4 Å². The summed E-state index contributed by atoms with van der Waals surface area (Å²) >= 11 is 0. The zero-order valence-corrected chi connectivity index (χ0v) is 17.0. The van der Waals surface area contributed by atoms with Crippen molar-refractivity contribution in [1.82, 2.24) is 19.5 Å². The Kier molecular flexibility index (Phi) is 4.54. The molecule has 0 aliphatic heterocycles. The summed E-state index contributed by atoms with van der Waals surface area (Å²) in [4.78, 5) is 38.1. The maximum Gasteiger partial charge on any atom is 0.262 e. The molecule has 2 heterocycles. The smallest absolute Gasteiger partial charge is 0.262 e. The number of para-hydroxylation sites is 1. The summed E-state index contributed by atoms with van der Waals surface area (Å²) in [6.07, 6.45) is 2.01. The predicted molar refractivity (Wildman–Crippen MR) is 117 cm³/mol. The maximum atomic E-state index is 13.1. The Morgan fingerprint density at radius 1 is 1.10 bits per heavy atom. The first-order valence-corrected chi connectivity index (χ1v) is 10.2. The number of aromatic nitrogens is 3. The van der Waals surface area contributed by atoms with Crippen molar-refractivity contribution in [3.05, 3.63) is 76.2 Å². The Morgan fingerprint density at radius 3 is 2.71 bits per heavy atom. The molecule has 2 aromatic carbocycles. The first-order chi connectivity index (χ1) is 15.0. The average Bonchev–Trinajstić information content (AvgIpc) is 3.49. The zero-order valence-electron chi connectivity index (χ0n) is 17.0. The van der Waals surface area contributed by atoms with Gasteiger partial charge in [0.15, 0.2) is 0 Å². The molecule has 2 N–H and O–H groups in total. The number of benzene rings is 2. The van der Waals surface area contributed by atoms with Crippen LogP contribution in [0.3, 0.4) is 0 Å². The molecule has 0 atom stereocenters. The summed E-state index contributed by atoms with van der Waals surface area (Å²) in [5.41, 5.74) is 2.73. The molecule has 31 heavy (non-hydrogen) atoms. The highest BCUT2D eigenvalue weighted by Gasteiger charge is 2.24. The van der Waals surface area contributed by atoms with Gasteiger partial charge in [0.05, 0.1) is 16.6 Å². The summed E-state index contributed by atoms with van der Waals surface area (Å²) in [6.45, 7) is 1.67. The number of hydrogen-bond acceptors (Lipinski definition) is 4. The third kappa shape index (κ3) is 3.68. The fourth-order valence-corrected chi connectivity index (χ4v) is 3.68. The molecule has 0 unspecified atom stereocenters. The lowest BCUT2D eigenvalue weighted by molar-refractivity contribution is -0.116. The molecule has 2 amide bonds. The number of rotatable bonds is 5. The molecule has 4 aromatic rings. The van der Waals surface area contributed by atoms with Gasteiger partial charge in [-0.2, -0.15) is 5.10 Å². The molecule has 1 fully saturated rings. The van der Waals surface area contributed by atoms with E-state index in [1.54, 1.807) is 47.0 Å². The van der Waals surface area contributed by atoms with Gasteiger partial charge in [0, 0.05) is 23.4 Å². The number of nitrogens with zero attached hydrogens (tertiary/aromatic N) is 3. The van der Waals surface area contributed by atoms with Crippen LogP contribution in [-0.2, 0) is 11.3 Å².